The molecule has 0 heterocycles. The zero-order chi connectivity index (χ0) is 15.2. The fraction of sp³-hybridized carbons (Fsp3) is 0.529. The number of benzene rings is 1. The summed E-state index contributed by atoms with van der Waals surface area (Å²) < 4.78 is 5.22. The lowest BCUT2D eigenvalue weighted by Crippen LogP contribution is -2.30. The van der Waals surface area contributed by atoms with Crippen molar-refractivity contribution in [3.63, 3.8) is 0 Å². The van der Waals surface area contributed by atoms with Gasteiger partial charge in [0.25, 0.3) is 5.91 Å². The number of aryl methyl sites for hydroxylation is 1. The summed E-state index contributed by atoms with van der Waals surface area (Å²) >= 11 is 0. The summed E-state index contributed by atoms with van der Waals surface area (Å²) in [5.74, 6) is -0.128. The molecular weight excluding hydrogens is 266 g/mol. The Hall–Kier alpha value is -1.84. The van der Waals surface area contributed by atoms with E-state index in [0.29, 0.717) is 18.0 Å². The van der Waals surface area contributed by atoms with Gasteiger partial charge in [0.1, 0.15) is 0 Å². The van der Waals surface area contributed by atoms with Gasteiger partial charge in [-0.2, -0.15) is 0 Å². The summed E-state index contributed by atoms with van der Waals surface area (Å²) in [4.78, 5) is 23.8. The lowest BCUT2D eigenvalue weighted by atomic mass is 10.0. The van der Waals surface area contributed by atoms with Gasteiger partial charge in [-0.1, -0.05) is 30.5 Å². The van der Waals surface area contributed by atoms with Gasteiger partial charge in [-0.25, -0.2) is 0 Å². The number of carbonyl (C=O) groups is 2. The molecule has 1 saturated carbocycles. The SMILES string of the molecule is Cc1ccc(NC(=O)[C@H](C)OC(=O)CC2CCCC2)cc1. The normalized spacial score (nSPS) is 16.5. The molecule has 0 unspecified atom stereocenters. The van der Waals surface area contributed by atoms with E-state index in [1.165, 1.54) is 12.8 Å². The smallest absolute Gasteiger partial charge is 0.306 e. The first-order valence-corrected chi connectivity index (χ1v) is 7.61. The molecule has 0 aliphatic heterocycles. The highest BCUT2D eigenvalue weighted by molar-refractivity contribution is 5.95. The van der Waals surface area contributed by atoms with E-state index in [4.69, 9.17) is 4.74 Å². The van der Waals surface area contributed by atoms with E-state index >= 15 is 0 Å². The van der Waals surface area contributed by atoms with Crippen molar-refractivity contribution in [2.24, 2.45) is 5.92 Å². The van der Waals surface area contributed by atoms with Gasteiger partial charge in [-0.05, 0) is 44.7 Å². The minimum absolute atomic E-state index is 0.270. The summed E-state index contributed by atoms with van der Waals surface area (Å²) in [6.07, 6.45) is 4.25. The number of hydrogen-bond acceptors (Lipinski definition) is 3. The molecule has 1 aliphatic rings. The Bertz CT molecular complexity index is 489. The number of esters is 1. The average Bonchev–Trinajstić information content (AvgIpc) is 2.94. The standard InChI is InChI=1S/C17H23NO3/c1-12-7-9-15(10-8-12)18-17(20)13(2)21-16(19)11-14-5-3-4-6-14/h7-10,13-14H,3-6,11H2,1-2H3,(H,18,20)/t13-/m0/s1. The predicted octanol–water partition coefficient (Wildman–Crippen LogP) is 3.45. The molecular formula is C17H23NO3. The van der Waals surface area contributed by atoms with Crippen LogP contribution in [0.4, 0.5) is 5.69 Å². The van der Waals surface area contributed by atoms with Crippen LogP contribution in [0.3, 0.4) is 0 Å². The van der Waals surface area contributed by atoms with Crippen LogP contribution < -0.4 is 5.32 Å². The molecule has 0 radical (unpaired) electrons. The van der Waals surface area contributed by atoms with E-state index in [0.717, 1.165) is 18.4 Å². The molecule has 1 amide bonds. The highest BCUT2D eigenvalue weighted by Gasteiger charge is 2.22. The molecule has 1 aliphatic carbocycles. The second-order valence-electron chi connectivity index (χ2n) is 5.84. The molecule has 1 fully saturated rings. The van der Waals surface area contributed by atoms with Crippen molar-refractivity contribution in [2.75, 3.05) is 5.32 Å². The molecule has 114 valence electrons. The first kappa shape index (κ1) is 15.5. The molecule has 1 N–H and O–H groups in total. The first-order chi connectivity index (χ1) is 10.0. The molecule has 21 heavy (non-hydrogen) atoms. The summed E-state index contributed by atoms with van der Waals surface area (Å²) in [5, 5.41) is 2.75. The number of hydrogen-bond donors (Lipinski definition) is 1. The fourth-order valence-electron chi connectivity index (χ4n) is 2.63. The molecule has 4 nitrogen and oxygen atoms in total. The van der Waals surface area contributed by atoms with Gasteiger partial charge in [0.05, 0.1) is 0 Å². The molecule has 0 bridgehead atoms. The predicted molar refractivity (Wildman–Crippen MR) is 81.9 cm³/mol. The van der Waals surface area contributed by atoms with Crippen LogP contribution >= 0.6 is 0 Å². The molecule has 2 rings (SSSR count). The average molecular weight is 289 g/mol. The molecule has 0 saturated heterocycles. The highest BCUT2D eigenvalue weighted by Crippen LogP contribution is 2.27. The first-order valence-electron chi connectivity index (χ1n) is 7.61. The van der Waals surface area contributed by atoms with Crippen LogP contribution in [0.25, 0.3) is 0 Å². The zero-order valence-electron chi connectivity index (χ0n) is 12.7. The third kappa shape index (κ3) is 4.88. The van der Waals surface area contributed by atoms with Crippen LogP contribution in [0.5, 0.6) is 0 Å². The van der Waals surface area contributed by atoms with Crippen LogP contribution in [0.2, 0.25) is 0 Å². The van der Waals surface area contributed by atoms with E-state index < -0.39 is 6.10 Å². The Morgan fingerprint density at radius 1 is 1.24 bits per heavy atom. The van der Waals surface area contributed by atoms with Gasteiger partial charge >= 0.3 is 5.97 Å². The molecule has 0 aromatic heterocycles. The van der Waals surface area contributed by atoms with E-state index in [1.807, 2.05) is 31.2 Å². The second-order valence-corrected chi connectivity index (χ2v) is 5.84. The number of ether oxygens (including phenoxy) is 1. The summed E-state index contributed by atoms with van der Waals surface area (Å²) in [6, 6.07) is 7.51. The Balaban J connectivity index is 1.78. The zero-order valence-corrected chi connectivity index (χ0v) is 12.7. The van der Waals surface area contributed by atoms with Crippen molar-refractivity contribution in [1.29, 1.82) is 0 Å². The van der Waals surface area contributed by atoms with Gasteiger partial charge in [-0.15, -0.1) is 0 Å². The second kappa shape index (κ2) is 7.25. The summed E-state index contributed by atoms with van der Waals surface area (Å²) in [5.41, 5.74) is 1.84. The molecule has 0 spiro atoms. The topological polar surface area (TPSA) is 55.4 Å². The lowest BCUT2D eigenvalue weighted by molar-refractivity contribution is -0.154. The van der Waals surface area contributed by atoms with Crippen molar-refractivity contribution in [3.8, 4) is 0 Å². The van der Waals surface area contributed by atoms with Crippen molar-refractivity contribution in [2.45, 2.75) is 52.1 Å². The molecule has 4 heteroatoms. The maximum Gasteiger partial charge on any atom is 0.306 e. The van der Waals surface area contributed by atoms with Crippen molar-refractivity contribution in [3.05, 3.63) is 29.8 Å². The Morgan fingerprint density at radius 2 is 1.86 bits per heavy atom. The Kier molecular flexibility index (Phi) is 5.37. The number of anilines is 1. The van der Waals surface area contributed by atoms with Gasteiger partial charge in [0, 0.05) is 12.1 Å². The minimum Gasteiger partial charge on any atom is -0.453 e. The van der Waals surface area contributed by atoms with Crippen LogP contribution in [0.15, 0.2) is 24.3 Å². The monoisotopic (exact) mass is 289 g/mol. The number of amides is 1. The van der Waals surface area contributed by atoms with Gasteiger partial charge in [0.2, 0.25) is 0 Å². The largest absolute Gasteiger partial charge is 0.453 e. The van der Waals surface area contributed by atoms with Crippen molar-refractivity contribution >= 4 is 17.6 Å². The van der Waals surface area contributed by atoms with E-state index in [1.54, 1.807) is 6.92 Å². The van der Waals surface area contributed by atoms with Gasteiger partial charge in [0.15, 0.2) is 6.10 Å². The van der Waals surface area contributed by atoms with Crippen LogP contribution in [0.1, 0.15) is 44.6 Å². The number of rotatable bonds is 5. The van der Waals surface area contributed by atoms with E-state index in [2.05, 4.69) is 5.32 Å². The van der Waals surface area contributed by atoms with Crippen LogP contribution in [-0.2, 0) is 14.3 Å². The minimum atomic E-state index is -0.764. The summed E-state index contributed by atoms with van der Waals surface area (Å²) in [6.45, 7) is 3.59. The number of carbonyl (C=O) groups excluding carboxylic acids is 2. The maximum atomic E-state index is 12.0. The molecule has 1 aromatic carbocycles. The summed E-state index contributed by atoms with van der Waals surface area (Å²) in [7, 11) is 0. The highest BCUT2D eigenvalue weighted by atomic mass is 16.5. The Labute approximate surface area is 125 Å². The van der Waals surface area contributed by atoms with Crippen molar-refractivity contribution in [1.82, 2.24) is 0 Å². The maximum absolute atomic E-state index is 12.0. The van der Waals surface area contributed by atoms with Crippen LogP contribution in [-0.4, -0.2) is 18.0 Å². The van der Waals surface area contributed by atoms with Gasteiger partial charge in [-0.3, -0.25) is 9.59 Å². The third-order valence-corrected chi connectivity index (χ3v) is 3.93. The fourth-order valence-corrected chi connectivity index (χ4v) is 2.63. The van der Waals surface area contributed by atoms with E-state index in [9.17, 15) is 9.59 Å². The Morgan fingerprint density at radius 3 is 2.48 bits per heavy atom. The lowest BCUT2D eigenvalue weighted by Gasteiger charge is -2.15. The molecule has 1 atom stereocenters. The van der Waals surface area contributed by atoms with Gasteiger partial charge < -0.3 is 10.1 Å². The van der Waals surface area contributed by atoms with Crippen molar-refractivity contribution < 1.29 is 14.3 Å². The molecule has 1 aromatic rings. The third-order valence-electron chi connectivity index (χ3n) is 3.93. The quantitative estimate of drug-likeness (QED) is 0.845. The van der Waals surface area contributed by atoms with E-state index in [-0.39, 0.29) is 11.9 Å². The number of nitrogens with one attached hydrogen (secondary N) is 1. The van der Waals surface area contributed by atoms with Crippen LogP contribution in [0, 0.1) is 12.8 Å².